The van der Waals surface area contributed by atoms with Gasteiger partial charge in [-0.25, -0.2) is 0 Å². The third-order valence-corrected chi connectivity index (χ3v) is 6.62. The first-order valence-electron chi connectivity index (χ1n) is 9.31. The van der Waals surface area contributed by atoms with Gasteiger partial charge in [0.05, 0.1) is 4.91 Å². The molecule has 0 radical (unpaired) electrons. The fourth-order valence-electron chi connectivity index (χ4n) is 3.60. The number of imide groups is 1. The maximum atomic E-state index is 12.8. The highest BCUT2D eigenvalue weighted by molar-refractivity contribution is 8.18. The molecule has 1 saturated carbocycles. The summed E-state index contributed by atoms with van der Waals surface area (Å²) < 4.78 is -2.05. The minimum absolute atomic E-state index is 0.00190. The van der Waals surface area contributed by atoms with Gasteiger partial charge in [-0.1, -0.05) is 73.1 Å². The van der Waals surface area contributed by atoms with E-state index in [1.54, 1.807) is 30.3 Å². The number of alkyl halides is 3. The van der Waals surface area contributed by atoms with Crippen LogP contribution in [0.15, 0.2) is 29.2 Å². The SMILES string of the molecule is CC1(CN2C(=O)S/C(=C/c3ccc(NC(=O)C(Cl)(Cl)Cl)cc3)C2=O)CCCCC1. The quantitative estimate of drug-likeness (QED) is 0.428. The Kier molecular flexibility index (Phi) is 6.88. The number of carbonyl (C=O) groups is 3. The van der Waals surface area contributed by atoms with Gasteiger partial charge in [0.15, 0.2) is 0 Å². The largest absolute Gasteiger partial charge is 0.322 e. The molecule has 3 amide bonds. The molecule has 1 saturated heterocycles. The van der Waals surface area contributed by atoms with Gasteiger partial charge in [-0.2, -0.15) is 0 Å². The Hall–Kier alpha value is -1.21. The third kappa shape index (κ3) is 5.69. The zero-order valence-corrected chi connectivity index (χ0v) is 18.9. The molecular formula is C20H21Cl3N2O3S. The van der Waals surface area contributed by atoms with E-state index in [0.29, 0.717) is 17.1 Å². The molecule has 1 aromatic rings. The van der Waals surface area contributed by atoms with Crippen LogP contribution < -0.4 is 5.32 Å². The van der Waals surface area contributed by atoms with Crippen LogP contribution in [0.3, 0.4) is 0 Å². The van der Waals surface area contributed by atoms with Crippen molar-refractivity contribution in [1.29, 1.82) is 0 Å². The standard InChI is InChI=1S/C20H21Cl3N2O3S/c1-19(9-3-2-4-10-19)12-25-16(26)15(29-18(25)28)11-13-5-7-14(8-6-13)24-17(27)20(21,22)23/h5-8,11H,2-4,9-10,12H2,1H3,(H,24,27)/b15-11+. The molecule has 5 nitrogen and oxygen atoms in total. The Morgan fingerprint density at radius 2 is 1.79 bits per heavy atom. The van der Waals surface area contributed by atoms with E-state index in [2.05, 4.69) is 12.2 Å². The summed E-state index contributed by atoms with van der Waals surface area (Å²) >= 11 is 17.6. The fraction of sp³-hybridized carbons (Fsp3) is 0.450. The molecular weight excluding hydrogens is 455 g/mol. The first kappa shape index (κ1) is 22.5. The van der Waals surface area contributed by atoms with Crippen molar-refractivity contribution in [2.45, 2.75) is 42.8 Å². The molecule has 2 fully saturated rings. The number of hydrogen-bond acceptors (Lipinski definition) is 4. The molecule has 1 aromatic carbocycles. The molecule has 1 aliphatic heterocycles. The number of thioether (sulfide) groups is 1. The zero-order chi connectivity index (χ0) is 21.2. The van der Waals surface area contributed by atoms with Crippen LogP contribution >= 0.6 is 46.6 Å². The number of benzene rings is 1. The lowest BCUT2D eigenvalue weighted by molar-refractivity contribution is -0.124. The lowest BCUT2D eigenvalue weighted by atomic mass is 9.75. The number of amides is 3. The minimum Gasteiger partial charge on any atom is -0.322 e. The smallest absolute Gasteiger partial charge is 0.293 e. The van der Waals surface area contributed by atoms with Crippen LogP contribution in [0.5, 0.6) is 0 Å². The van der Waals surface area contributed by atoms with Crippen LogP contribution in [-0.4, -0.2) is 32.3 Å². The predicted molar refractivity (Wildman–Crippen MR) is 119 cm³/mol. The van der Waals surface area contributed by atoms with Gasteiger partial charge in [-0.3, -0.25) is 19.3 Å². The van der Waals surface area contributed by atoms with E-state index in [4.69, 9.17) is 34.8 Å². The van der Waals surface area contributed by atoms with E-state index in [0.717, 1.165) is 43.0 Å². The maximum absolute atomic E-state index is 12.8. The van der Waals surface area contributed by atoms with Crippen molar-refractivity contribution >= 4 is 75.4 Å². The van der Waals surface area contributed by atoms with Gasteiger partial charge in [0.2, 0.25) is 0 Å². The molecule has 156 valence electrons. The Labute approximate surface area is 189 Å². The summed E-state index contributed by atoms with van der Waals surface area (Å²) in [5.41, 5.74) is 1.19. The molecule has 9 heteroatoms. The molecule has 1 heterocycles. The lowest BCUT2D eigenvalue weighted by Gasteiger charge is -2.35. The molecule has 3 rings (SSSR count). The normalized spacial score (nSPS) is 21.0. The number of rotatable bonds is 4. The van der Waals surface area contributed by atoms with E-state index in [-0.39, 0.29) is 16.6 Å². The minimum atomic E-state index is -2.05. The molecule has 2 aliphatic rings. The molecule has 0 bridgehead atoms. The summed E-state index contributed by atoms with van der Waals surface area (Å²) in [4.78, 5) is 38.6. The number of carbonyl (C=O) groups excluding carboxylic acids is 3. The lowest BCUT2D eigenvalue weighted by Crippen LogP contribution is -2.39. The van der Waals surface area contributed by atoms with Crippen LogP contribution in [0.4, 0.5) is 10.5 Å². The molecule has 1 aliphatic carbocycles. The van der Waals surface area contributed by atoms with E-state index >= 15 is 0 Å². The van der Waals surface area contributed by atoms with Crippen molar-refractivity contribution in [3.05, 3.63) is 34.7 Å². The number of nitrogens with zero attached hydrogens (tertiary/aromatic N) is 1. The van der Waals surface area contributed by atoms with Crippen molar-refractivity contribution in [3.63, 3.8) is 0 Å². The summed E-state index contributed by atoms with van der Waals surface area (Å²) in [6.07, 6.45) is 7.25. The summed E-state index contributed by atoms with van der Waals surface area (Å²) in [5, 5.41) is 2.26. The molecule has 0 aromatic heterocycles. The second-order valence-corrected chi connectivity index (χ2v) is 11.0. The number of hydrogen-bond donors (Lipinski definition) is 1. The van der Waals surface area contributed by atoms with Gasteiger partial charge in [0.1, 0.15) is 0 Å². The summed E-state index contributed by atoms with van der Waals surface area (Å²) in [7, 11) is 0. The third-order valence-electron chi connectivity index (χ3n) is 5.20. The van der Waals surface area contributed by atoms with E-state index < -0.39 is 9.70 Å². The average Bonchev–Trinajstić information content (AvgIpc) is 2.90. The van der Waals surface area contributed by atoms with E-state index in [1.807, 2.05) is 0 Å². The molecule has 1 N–H and O–H groups in total. The molecule has 0 atom stereocenters. The molecule has 29 heavy (non-hydrogen) atoms. The van der Waals surface area contributed by atoms with Gasteiger partial charge >= 0.3 is 0 Å². The Balaban J connectivity index is 1.68. The highest BCUT2D eigenvalue weighted by Gasteiger charge is 2.40. The Bertz CT molecular complexity index is 844. The first-order chi connectivity index (χ1) is 13.6. The van der Waals surface area contributed by atoms with Gasteiger partial charge in [-0.05, 0) is 53.8 Å². The Morgan fingerprint density at radius 1 is 1.17 bits per heavy atom. The number of halogens is 3. The summed E-state index contributed by atoms with van der Waals surface area (Å²) in [5.74, 6) is -1.01. The van der Waals surface area contributed by atoms with Crippen LogP contribution in [0.1, 0.15) is 44.6 Å². The fourth-order valence-corrected chi connectivity index (χ4v) is 4.58. The monoisotopic (exact) mass is 474 g/mol. The highest BCUT2D eigenvalue weighted by Crippen LogP contribution is 2.40. The van der Waals surface area contributed by atoms with Crippen molar-refractivity contribution in [2.75, 3.05) is 11.9 Å². The van der Waals surface area contributed by atoms with Crippen LogP contribution in [-0.2, 0) is 9.59 Å². The summed E-state index contributed by atoms with van der Waals surface area (Å²) in [6.45, 7) is 2.63. The van der Waals surface area contributed by atoms with Crippen LogP contribution in [0, 0.1) is 5.41 Å². The topological polar surface area (TPSA) is 66.5 Å². The molecule has 0 spiro atoms. The second-order valence-electron chi connectivity index (χ2n) is 7.71. The van der Waals surface area contributed by atoms with Crippen molar-refractivity contribution < 1.29 is 14.4 Å². The molecule has 0 unspecified atom stereocenters. The van der Waals surface area contributed by atoms with Gasteiger partial charge < -0.3 is 5.32 Å². The van der Waals surface area contributed by atoms with Gasteiger partial charge in [0.25, 0.3) is 20.8 Å². The van der Waals surface area contributed by atoms with Crippen molar-refractivity contribution in [1.82, 2.24) is 4.90 Å². The maximum Gasteiger partial charge on any atom is 0.293 e. The predicted octanol–water partition coefficient (Wildman–Crippen LogP) is 6.00. The van der Waals surface area contributed by atoms with E-state index in [9.17, 15) is 14.4 Å². The highest BCUT2D eigenvalue weighted by atomic mass is 35.6. The first-order valence-corrected chi connectivity index (χ1v) is 11.3. The summed E-state index contributed by atoms with van der Waals surface area (Å²) in [6, 6.07) is 6.69. The Morgan fingerprint density at radius 3 is 2.38 bits per heavy atom. The average molecular weight is 476 g/mol. The van der Waals surface area contributed by atoms with Crippen LogP contribution in [0.25, 0.3) is 6.08 Å². The van der Waals surface area contributed by atoms with E-state index in [1.165, 1.54) is 11.3 Å². The number of nitrogens with one attached hydrogen (secondary N) is 1. The van der Waals surface area contributed by atoms with Gasteiger partial charge in [-0.15, -0.1) is 0 Å². The van der Waals surface area contributed by atoms with Crippen LogP contribution in [0.2, 0.25) is 0 Å². The second kappa shape index (κ2) is 8.88. The van der Waals surface area contributed by atoms with Crippen molar-refractivity contribution in [3.8, 4) is 0 Å². The van der Waals surface area contributed by atoms with Gasteiger partial charge in [0, 0.05) is 12.2 Å². The number of anilines is 1. The van der Waals surface area contributed by atoms with Crippen molar-refractivity contribution in [2.24, 2.45) is 5.41 Å². The zero-order valence-electron chi connectivity index (χ0n) is 15.8.